The van der Waals surface area contributed by atoms with Gasteiger partial charge in [-0.05, 0) is 113 Å². The Balaban J connectivity index is 0.000000211. The summed E-state index contributed by atoms with van der Waals surface area (Å²) in [5.74, 6) is -1.62. The van der Waals surface area contributed by atoms with Crippen LogP contribution in [0.25, 0.3) is 44.5 Å². The number of primary amides is 1. The van der Waals surface area contributed by atoms with Gasteiger partial charge in [0.25, 0.3) is 0 Å². The number of carbonyl (C=O) groups is 2. The number of fused-ring (bicyclic) bond motifs is 6. The zero-order valence-corrected chi connectivity index (χ0v) is 40.6. The number of aliphatic hydroxyl groups is 4. The Morgan fingerprint density at radius 3 is 1.28 bits per heavy atom. The second-order valence-electron chi connectivity index (χ2n) is 20.3. The minimum Gasteiger partial charge on any atom is -0.493 e. The largest absolute Gasteiger partial charge is 0.493 e. The van der Waals surface area contributed by atoms with Gasteiger partial charge in [-0.15, -0.1) is 0 Å². The molecule has 7 N–H and O–H groups in total. The maximum Gasteiger partial charge on any atom is 0.425 e. The van der Waals surface area contributed by atoms with Crippen LogP contribution < -0.4 is 15.2 Å². The first-order valence-corrected chi connectivity index (χ1v) is 22.6. The predicted octanol–water partition coefficient (Wildman–Crippen LogP) is 8.78. The molecule has 2 aliphatic rings. The number of carboxylic acids is 1. The molecule has 8 rings (SSSR count). The fraction of sp³-hybridized carbons (Fsp3) is 0.385. The number of alkyl halides is 6. The van der Waals surface area contributed by atoms with E-state index in [2.05, 4.69) is 10.2 Å². The summed E-state index contributed by atoms with van der Waals surface area (Å²) in [5, 5.41) is 60.3. The fourth-order valence-corrected chi connectivity index (χ4v) is 8.52. The number of nitrogens with zero attached hydrogens (tertiary/aromatic N) is 4. The third-order valence-electron chi connectivity index (χ3n) is 13.0. The van der Waals surface area contributed by atoms with Crippen molar-refractivity contribution in [2.45, 2.75) is 114 Å². The van der Waals surface area contributed by atoms with E-state index in [1.165, 1.54) is 103 Å². The average Bonchev–Trinajstić information content (AvgIpc) is 4.07. The summed E-state index contributed by atoms with van der Waals surface area (Å²) >= 11 is 0. The number of aromatic nitrogens is 4. The SMILES string of the molecule is CC(C)(O)CCOc1cc(-c2cnn(C(C)(C)C(=O)O)c2)c2c(c1)[C@@](O)(C(F)(F)F)c1ccccc1-2.CC(C)(O)CCOc1cc(-c2cnn(C(C)(C)C(N)=O)c2)c2c(c1)[C@@](O)(C(F)(F)F)c1ccccc1-2. The van der Waals surface area contributed by atoms with Gasteiger partial charge in [-0.1, -0.05) is 48.5 Å². The molecule has 1 amide bonds. The van der Waals surface area contributed by atoms with E-state index in [1.54, 1.807) is 59.7 Å². The van der Waals surface area contributed by atoms with Crippen LogP contribution in [0.3, 0.4) is 0 Å². The fourth-order valence-electron chi connectivity index (χ4n) is 8.52. The molecule has 2 aliphatic carbocycles. The topological polar surface area (TPSA) is 215 Å². The molecule has 4 aromatic carbocycles. The summed E-state index contributed by atoms with van der Waals surface area (Å²) in [6.07, 6.45) is -3.85. The van der Waals surface area contributed by atoms with E-state index in [9.17, 15) is 61.5 Å². The monoisotopic (exact) mass is 1010 g/mol. The predicted molar refractivity (Wildman–Crippen MR) is 253 cm³/mol. The molecule has 0 radical (unpaired) electrons. The first kappa shape index (κ1) is 53.1. The lowest BCUT2D eigenvalue weighted by Gasteiger charge is -2.29. The van der Waals surface area contributed by atoms with Crippen molar-refractivity contribution < 1.29 is 70.9 Å². The van der Waals surface area contributed by atoms with Gasteiger partial charge >= 0.3 is 18.3 Å². The molecule has 20 heteroatoms. The summed E-state index contributed by atoms with van der Waals surface area (Å²) < 4.78 is 101. The van der Waals surface area contributed by atoms with Crippen molar-refractivity contribution >= 4 is 11.9 Å². The molecular formula is C52H55F6N5O9. The Morgan fingerprint density at radius 1 is 0.583 bits per heavy atom. The molecule has 2 heterocycles. The summed E-state index contributed by atoms with van der Waals surface area (Å²) in [7, 11) is 0. The second-order valence-corrected chi connectivity index (χ2v) is 20.3. The number of hydrogen-bond acceptors (Lipinski definition) is 10. The van der Waals surface area contributed by atoms with Crippen molar-refractivity contribution in [2.75, 3.05) is 13.2 Å². The van der Waals surface area contributed by atoms with Gasteiger partial charge in [-0.2, -0.15) is 36.5 Å². The molecule has 0 saturated heterocycles. The number of hydrogen-bond donors (Lipinski definition) is 6. The standard InChI is InChI=1S/C26H28F3N3O4.C26H27F3N2O5/c1-23(2,34)9-10-36-16-11-18(15-13-31-32(14-15)24(3,4)22(30)33)21-17-7-5-6-8-19(17)25(35,20(21)12-16)26(27,28)29;1-23(2,34)9-10-36-16-11-18(15-13-30-31(14-15)24(3,4)22(32)33)21-17-7-5-6-8-19(17)25(35,20(21)12-16)26(27,28)29/h5-8,11-14,34-35H,9-10H2,1-4H3,(H2,30,33);5-8,11-14,34-35H,9-10H2,1-4H3,(H,32,33)/t2*25-/m11/s1. The van der Waals surface area contributed by atoms with Gasteiger partial charge < -0.3 is 40.7 Å². The van der Waals surface area contributed by atoms with Gasteiger partial charge in [0.2, 0.25) is 17.1 Å². The molecule has 2 atom stereocenters. The lowest BCUT2D eigenvalue weighted by Crippen LogP contribution is -2.41. The van der Waals surface area contributed by atoms with Crippen LogP contribution in [0.15, 0.2) is 97.6 Å². The van der Waals surface area contributed by atoms with E-state index in [0.29, 0.717) is 22.3 Å². The number of amides is 1. The van der Waals surface area contributed by atoms with Crippen LogP contribution in [0.2, 0.25) is 0 Å². The molecule has 0 fully saturated rings. The molecule has 0 unspecified atom stereocenters. The van der Waals surface area contributed by atoms with Gasteiger partial charge in [-0.25, -0.2) is 4.79 Å². The highest BCUT2D eigenvalue weighted by Gasteiger charge is 2.62. The molecule has 0 saturated carbocycles. The minimum absolute atomic E-state index is 0.0183. The minimum atomic E-state index is -5.03. The zero-order valence-electron chi connectivity index (χ0n) is 40.6. The van der Waals surface area contributed by atoms with Crippen molar-refractivity contribution in [3.05, 3.63) is 120 Å². The molecule has 72 heavy (non-hydrogen) atoms. The van der Waals surface area contributed by atoms with Gasteiger partial charge in [0.1, 0.15) is 17.0 Å². The quantitative estimate of drug-likeness (QED) is 0.0567. The average molecular weight is 1010 g/mol. The number of ether oxygens (including phenoxy) is 2. The summed E-state index contributed by atoms with van der Waals surface area (Å²) in [5.41, 5.74) is -4.88. The Kier molecular flexibility index (Phi) is 13.3. The summed E-state index contributed by atoms with van der Waals surface area (Å²) in [6, 6.07) is 17.0. The van der Waals surface area contributed by atoms with Crippen molar-refractivity contribution in [2.24, 2.45) is 5.73 Å². The molecule has 6 aromatic rings. The van der Waals surface area contributed by atoms with Crippen LogP contribution in [0.1, 0.15) is 90.5 Å². The molecule has 384 valence electrons. The van der Waals surface area contributed by atoms with Gasteiger partial charge in [0.15, 0.2) is 5.54 Å². The maximum absolute atomic E-state index is 14.4. The number of halogens is 6. The Hall–Kier alpha value is -6.74. The van der Waals surface area contributed by atoms with E-state index in [0.717, 1.165) is 0 Å². The third-order valence-corrected chi connectivity index (χ3v) is 13.0. The lowest BCUT2D eigenvalue weighted by molar-refractivity contribution is -0.247. The van der Waals surface area contributed by atoms with E-state index >= 15 is 0 Å². The summed E-state index contributed by atoms with van der Waals surface area (Å²) in [4.78, 5) is 23.6. The number of benzene rings is 4. The number of carbonyl (C=O) groups excluding carboxylic acids is 1. The van der Waals surface area contributed by atoms with Crippen molar-refractivity contribution in [1.29, 1.82) is 0 Å². The van der Waals surface area contributed by atoms with Crippen LogP contribution in [0, 0.1) is 0 Å². The Morgan fingerprint density at radius 2 is 0.944 bits per heavy atom. The highest BCUT2D eigenvalue weighted by Crippen LogP contribution is 2.60. The van der Waals surface area contributed by atoms with Crippen LogP contribution in [0.5, 0.6) is 11.5 Å². The smallest absolute Gasteiger partial charge is 0.425 e. The van der Waals surface area contributed by atoms with E-state index in [-0.39, 0.29) is 76.5 Å². The molecule has 0 spiro atoms. The molecule has 14 nitrogen and oxygen atoms in total. The maximum atomic E-state index is 14.4. The van der Waals surface area contributed by atoms with Crippen molar-refractivity contribution in [1.82, 2.24) is 19.6 Å². The Labute approximate surface area is 410 Å². The van der Waals surface area contributed by atoms with Crippen LogP contribution in [0.4, 0.5) is 26.3 Å². The lowest BCUT2D eigenvalue weighted by atomic mass is 9.89. The number of nitrogens with two attached hydrogens (primary N) is 1. The number of carboxylic acid groups (broad SMARTS) is 1. The van der Waals surface area contributed by atoms with Crippen LogP contribution in [-0.2, 0) is 31.9 Å². The molecule has 0 aliphatic heterocycles. The van der Waals surface area contributed by atoms with E-state index < -0.39 is 63.3 Å². The third kappa shape index (κ3) is 9.43. The zero-order chi connectivity index (χ0) is 53.4. The molecule has 2 aromatic heterocycles. The first-order chi connectivity index (χ1) is 33.1. The number of aliphatic carboxylic acids is 1. The van der Waals surface area contributed by atoms with Crippen molar-refractivity contribution in [3.8, 4) is 56.0 Å². The second kappa shape index (κ2) is 18.1. The van der Waals surface area contributed by atoms with Crippen molar-refractivity contribution in [3.63, 3.8) is 0 Å². The van der Waals surface area contributed by atoms with E-state index in [4.69, 9.17) is 15.2 Å². The highest BCUT2D eigenvalue weighted by atomic mass is 19.4. The van der Waals surface area contributed by atoms with Gasteiger partial charge in [-0.3, -0.25) is 14.2 Å². The normalized spacial score (nSPS) is 17.6. The highest BCUT2D eigenvalue weighted by molar-refractivity contribution is 5.94. The van der Waals surface area contributed by atoms with E-state index in [1.807, 2.05) is 0 Å². The van der Waals surface area contributed by atoms with Crippen LogP contribution in [-0.4, -0.2) is 93.7 Å². The molecular weight excluding hydrogens is 953 g/mol. The Bertz CT molecular complexity index is 2850. The van der Waals surface area contributed by atoms with Crippen LogP contribution >= 0.6 is 0 Å². The van der Waals surface area contributed by atoms with Gasteiger partial charge in [0, 0.05) is 58.6 Å². The van der Waals surface area contributed by atoms with Gasteiger partial charge in [0.05, 0.1) is 36.8 Å². The first-order valence-electron chi connectivity index (χ1n) is 22.6. The molecule has 0 bridgehead atoms. The number of rotatable bonds is 14. The summed E-state index contributed by atoms with van der Waals surface area (Å²) in [6.45, 7) is 12.5.